The number of benzene rings is 1. The van der Waals surface area contributed by atoms with Crippen LogP contribution in [0.1, 0.15) is 140 Å². The molecular weight excluding hydrogens is 923 g/mol. The highest BCUT2D eigenvalue weighted by molar-refractivity contribution is 7.10. The van der Waals surface area contributed by atoms with Crippen LogP contribution in [0.3, 0.4) is 0 Å². The Morgan fingerprint density at radius 2 is 1.65 bits per heavy atom. The second-order valence-corrected chi connectivity index (χ2v) is 19.8. The van der Waals surface area contributed by atoms with Crippen molar-refractivity contribution >= 4 is 69.1 Å². The number of ketones is 2. The van der Waals surface area contributed by atoms with Crippen molar-refractivity contribution in [3.8, 4) is 5.75 Å². The van der Waals surface area contributed by atoms with E-state index in [-0.39, 0.29) is 52.5 Å². The summed E-state index contributed by atoms with van der Waals surface area (Å²) in [4.78, 5) is 103. The van der Waals surface area contributed by atoms with Crippen LogP contribution in [0.5, 0.6) is 5.75 Å². The van der Waals surface area contributed by atoms with Crippen LogP contribution in [-0.2, 0) is 14.4 Å². The van der Waals surface area contributed by atoms with Gasteiger partial charge in [-0.25, -0.2) is 15.0 Å². The first-order valence-electron chi connectivity index (χ1n) is 25.0. The van der Waals surface area contributed by atoms with E-state index in [0.717, 1.165) is 69.9 Å². The van der Waals surface area contributed by atoms with E-state index in [4.69, 9.17) is 9.72 Å². The number of aryl methyl sites for hydroxylation is 1. The SMILES string of the molecule is CN[C@@H](C)C(=O)N[C@@H](C)C(=O)N1CCC[C@H]1c1nc(C(=O)c2cccc(OCCCCCCC(=O)N3CCN(c4ccc(Nc5ncc6c(C)c(C(C)=O)c(=O)n(C7CCCC7)c6n5)nc4)CC3)c2)cs1. The van der Waals surface area contributed by atoms with Crippen molar-refractivity contribution in [1.29, 1.82) is 0 Å². The molecule has 6 heterocycles. The number of likely N-dealkylation sites (tertiary alicyclic amines) is 1. The molecule has 3 fully saturated rings. The third-order valence-corrected chi connectivity index (χ3v) is 15.0. The van der Waals surface area contributed by atoms with Gasteiger partial charge in [0.1, 0.15) is 34.0 Å². The Balaban J connectivity index is 0.737. The molecule has 3 aliphatic rings. The first kappa shape index (κ1) is 50.8. The number of aromatic nitrogens is 5. The number of Topliss-reactive ketones (excluding diaryl/α,β-unsaturated/α-hetero) is 1. The van der Waals surface area contributed by atoms with E-state index in [0.29, 0.717) is 96.1 Å². The van der Waals surface area contributed by atoms with Crippen LogP contribution in [0.25, 0.3) is 11.0 Å². The van der Waals surface area contributed by atoms with Gasteiger partial charge in [-0.1, -0.05) is 37.8 Å². The number of fused-ring (bicyclic) bond motifs is 1. The number of pyridine rings is 2. The topological polar surface area (TPSA) is 214 Å². The number of hydrogen-bond acceptors (Lipinski definition) is 15. The van der Waals surface area contributed by atoms with E-state index < -0.39 is 12.1 Å². The summed E-state index contributed by atoms with van der Waals surface area (Å²) in [5, 5.41) is 12.0. The average Bonchev–Trinajstić information content (AvgIpc) is 4.20. The van der Waals surface area contributed by atoms with Crippen molar-refractivity contribution in [2.75, 3.05) is 56.6 Å². The molecule has 8 rings (SSSR count). The Morgan fingerprint density at radius 1 is 0.873 bits per heavy atom. The average molecular weight is 988 g/mol. The van der Waals surface area contributed by atoms with E-state index in [9.17, 15) is 28.8 Å². The standard InChI is InChI=1S/C52H65N11O7S/c1-32-40-30-55-52(59-47(40)63(37-15-9-10-16-37)51(69)45(32)35(4)64)58-43-21-20-38(29-54-43)60-23-25-61(26-24-60)44(65)19-8-6-7-11-27-70-39-17-12-14-36(28-39)46(66)41-31-71-49(57-41)42-18-13-22-62(42)50(68)34(3)56-48(67)33(2)53-5/h12,14,17,20-21,28-31,33-34,37,42,53H,6-11,13,15-16,18-19,22-27H2,1-5H3,(H,56,67)(H,54,55,58,59)/t33-,34-,42-/m0/s1. The quantitative estimate of drug-likeness (QED) is 0.0547. The van der Waals surface area contributed by atoms with E-state index in [1.807, 2.05) is 23.1 Å². The zero-order chi connectivity index (χ0) is 50.2. The van der Waals surface area contributed by atoms with E-state index in [1.54, 1.807) is 73.3 Å². The fourth-order valence-electron chi connectivity index (χ4n) is 9.85. The van der Waals surface area contributed by atoms with E-state index in [2.05, 4.69) is 35.8 Å². The molecule has 3 N–H and O–H groups in total. The summed E-state index contributed by atoms with van der Waals surface area (Å²) in [5.41, 5.74) is 2.79. The summed E-state index contributed by atoms with van der Waals surface area (Å²) in [6.45, 7) is 10.4. The molecule has 2 saturated heterocycles. The number of carbonyl (C=O) groups excluding carboxylic acids is 5. The number of amides is 3. The Labute approximate surface area is 418 Å². The predicted molar refractivity (Wildman–Crippen MR) is 273 cm³/mol. The number of nitrogens with zero attached hydrogens (tertiary/aromatic N) is 8. The Kier molecular flexibility index (Phi) is 16.5. The molecule has 19 heteroatoms. The lowest BCUT2D eigenvalue weighted by atomic mass is 10.0. The number of likely N-dealkylation sites (N-methyl/N-ethyl adjacent to an activating group) is 1. The molecular formula is C52H65N11O7S. The smallest absolute Gasteiger partial charge is 0.263 e. The maximum Gasteiger partial charge on any atom is 0.263 e. The predicted octanol–water partition coefficient (Wildman–Crippen LogP) is 6.70. The molecule has 1 aromatic carbocycles. The minimum absolute atomic E-state index is 0.00791. The van der Waals surface area contributed by atoms with Crippen LogP contribution in [0.15, 0.2) is 59.0 Å². The van der Waals surface area contributed by atoms with Crippen LogP contribution in [0.4, 0.5) is 17.5 Å². The van der Waals surface area contributed by atoms with Crippen molar-refractivity contribution in [3.63, 3.8) is 0 Å². The van der Waals surface area contributed by atoms with Gasteiger partial charge >= 0.3 is 0 Å². The maximum atomic E-state index is 13.6. The third kappa shape index (κ3) is 11.8. The van der Waals surface area contributed by atoms with Crippen LogP contribution >= 0.6 is 11.3 Å². The number of piperazine rings is 1. The fourth-order valence-corrected chi connectivity index (χ4v) is 10.8. The number of anilines is 3. The van der Waals surface area contributed by atoms with Gasteiger partial charge in [-0.15, -0.1) is 11.3 Å². The van der Waals surface area contributed by atoms with Crippen molar-refractivity contribution in [1.82, 2.24) is 44.9 Å². The molecule has 1 aliphatic carbocycles. The highest BCUT2D eigenvalue weighted by Gasteiger charge is 2.35. The Morgan fingerprint density at radius 3 is 2.38 bits per heavy atom. The van der Waals surface area contributed by atoms with Crippen molar-refractivity contribution < 1.29 is 28.7 Å². The first-order chi connectivity index (χ1) is 34.3. The molecule has 0 radical (unpaired) electrons. The van der Waals surface area contributed by atoms with Gasteiger partial charge in [-0.2, -0.15) is 4.98 Å². The fraction of sp³-hybridized carbons (Fsp3) is 0.500. The molecule has 3 amide bonds. The molecule has 2 aliphatic heterocycles. The highest BCUT2D eigenvalue weighted by atomic mass is 32.1. The number of unbranched alkanes of at least 4 members (excludes halogenated alkanes) is 3. The van der Waals surface area contributed by atoms with Crippen LogP contribution in [0, 0.1) is 6.92 Å². The summed E-state index contributed by atoms with van der Waals surface area (Å²) in [6.07, 6.45) is 12.7. The largest absolute Gasteiger partial charge is 0.494 e. The van der Waals surface area contributed by atoms with Gasteiger partial charge in [0.05, 0.1) is 36.1 Å². The summed E-state index contributed by atoms with van der Waals surface area (Å²) in [7, 11) is 1.69. The Bertz CT molecular complexity index is 2800. The molecule has 376 valence electrons. The molecule has 5 aromatic rings. The van der Waals surface area contributed by atoms with E-state index in [1.165, 1.54) is 18.3 Å². The second kappa shape index (κ2) is 23.1. The number of carbonyl (C=O) groups is 5. The molecule has 71 heavy (non-hydrogen) atoms. The summed E-state index contributed by atoms with van der Waals surface area (Å²) >= 11 is 1.37. The molecule has 4 aromatic heterocycles. The summed E-state index contributed by atoms with van der Waals surface area (Å²) in [5.74, 6) is 0.761. The zero-order valence-electron chi connectivity index (χ0n) is 41.4. The molecule has 1 saturated carbocycles. The number of hydrogen-bond donors (Lipinski definition) is 3. The minimum Gasteiger partial charge on any atom is -0.494 e. The maximum absolute atomic E-state index is 13.6. The highest BCUT2D eigenvalue weighted by Crippen LogP contribution is 2.35. The molecule has 0 bridgehead atoms. The van der Waals surface area contributed by atoms with E-state index >= 15 is 0 Å². The van der Waals surface area contributed by atoms with Gasteiger partial charge < -0.3 is 35.4 Å². The normalized spacial score (nSPS) is 17.1. The number of ether oxygens (including phenoxy) is 1. The van der Waals surface area contributed by atoms with Crippen molar-refractivity contribution in [3.05, 3.63) is 91.9 Å². The first-order valence-corrected chi connectivity index (χ1v) is 25.9. The third-order valence-electron chi connectivity index (χ3n) is 14.0. The van der Waals surface area contributed by atoms with Gasteiger partial charge in [-0.05, 0) is 103 Å². The van der Waals surface area contributed by atoms with Crippen LogP contribution in [0.2, 0.25) is 0 Å². The van der Waals surface area contributed by atoms with Crippen molar-refractivity contribution in [2.45, 2.75) is 122 Å². The number of rotatable bonds is 20. The van der Waals surface area contributed by atoms with Gasteiger partial charge in [0.2, 0.25) is 29.5 Å². The summed E-state index contributed by atoms with van der Waals surface area (Å²) < 4.78 is 7.72. The zero-order valence-corrected chi connectivity index (χ0v) is 42.2. The lowest BCUT2D eigenvalue weighted by Gasteiger charge is -2.36. The number of thiazole rings is 1. The van der Waals surface area contributed by atoms with Crippen LogP contribution < -0.4 is 31.1 Å². The second-order valence-electron chi connectivity index (χ2n) is 18.9. The minimum atomic E-state index is -0.683. The lowest BCUT2D eigenvalue weighted by Crippen LogP contribution is -2.51. The van der Waals surface area contributed by atoms with Gasteiger partial charge in [0.25, 0.3) is 5.56 Å². The van der Waals surface area contributed by atoms with Gasteiger partial charge in [0.15, 0.2) is 5.78 Å². The van der Waals surface area contributed by atoms with Crippen LogP contribution in [-0.4, -0.2) is 122 Å². The monoisotopic (exact) mass is 987 g/mol. The number of nitrogens with one attached hydrogen (secondary N) is 3. The molecule has 0 spiro atoms. The van der Waals surface area contributed by atoms with Gasteiger partial charge in [-0.3, -0.25) is 33.3 Å². The summed E-state index contributed by atoms with van der Waals surface area (Å²) in [6, 6.07) is 9.61. The Hall–Kier alpha value is -6.60. The van der Waals surface area contributed by atoms with Gasteiger partial charge in [0, 0.05) is 67.7 Å². The molecule has 18 nitrogen and oxygen atoms in total. The lowest BCUT2D eigenvalue weighted by molar-refractivity contribution is -0.137. The molecule has 3 atom stereocenters. The molecule has 0 unspecified atom stereocenters. The van der Waals surface area contributed by atoms with Crippen molar-refractivity contribution in [2.24, 2.45) is 0 Å².